The lowest BCUT2D eigenvalue weighted by Gasteiger charge is -2.29. The van der Waals surface area contributed by atoms with Gasteiger partial charge < -0.3 is 0 Å². The molecule has 0 spiro atoms. The summed E-state index contributed by atoms with van der Waals surface area (Å²) in [5, 5.41) is 5.45. The lowest BCUT2D eigenvalue weighted by atomic mass is 10.00. The number of hydrogen-bond acceptors (Lipinski definition) is 4. The third-order valence-corrected chi connectivity index (χ3v) is 4.54. The lowest BCUT2D eigenvalue weighted by molar-refractivity contribution is 0.145. The summed E-state index contributed by atoms with van der Waals surface area (Å²) in [6.07, 6.45) is 3.95. The molecule has 6 heteroatoms. The molecule has 0 radical (unpaired) electrons. The van der Waals surface area contributed by atoms with Crippen molar-refractivity contribution in [2.24, 2.45) is 5.92 Å². The number of piperidine rings is 1. The molecule has 1 aliphatic rings. The van der Waals surface area contributed by atoms with Crippen molar-refractivity contribution in [1.82, 2.24) is 24.1 Å². The van der Waals surface area contributed by atoms with Gasteiger partial charge in [-0.1, -0.05) is 19.1 Å². The number of nitrogens with zero attached hydrogens (tertiary/aromatic N) is 5. The summed E-state index contributed by atoms with van der Waals surface area (Å²) in [6.45, 7) is 4.90. The molecule has 0 atom stereocenters. The maximum absolute atomic E-state index is 12.5. The first-order valence-electron chi connectivity index (χ1n) is 7.77. The molecule has 0 unspecified atom stereocenters. The largest absolute Gasteiger partial charge is 0.352 e. The number of fused-ring (bicyclic) bond motifs is 3. The topological polar surface area (TPSA) is 55.4 Å². The van der Waals surface area contributed by atoms with Crippen molar-refractivity contribution in [3.05, 3.63) is 41.1 Å². The molecule has 1 fully saturated rings. The zero-order chi connectivity index (χ0) is 15.1. The van der Waals surface area contributed by atoms with Gasteiger partial charge in [0.15, 0.2) is 5.65 Å². The minimum atomic E-state index is -0.119. The molecule has 1 aromatic carbocycles. The molecule has 0 bridgehead atoms. The first-order valence-corrected chi connectivity index (χ1v) is 7.77. The summed E-state index contributed by atoms with van der Waals surface area (Å²) in [6, 6.07) is 7.78. The predicted molar refractivity (Wildman–Crippen MR) is 84.7 cm³/mol. The Hall–Kier alpha value is -2.21. The number of rotatable bonds is 2. The van der Waals surface area contributed by atoms with E-state index in [1.165, 1.54) is 17.2 Å². The van der Waals surface area contributed by atoms with E-state index in [-0.39, 0.29) is 5.69 Å². The quantitative estimate of drug-likeness (QED) is 0.723. The number of para-hydroxylation sites is 1. The van der Waals surface area contributed by atoms with E-state index in [9.17, 15) is 4.79 Å². The Labute approximate surface area is 128 Å². The Kier molecular flexibility index (Phi) is 3.18. The molecular formula is C16H19N5O. The Morgan fingerprint density at radius 1 is 1.23 bits per heavy atom. The highest BCUT2D eigenvalue weighted by Crippen LogP contribution is 2.17. The number of benzene rings is 1. The zero-order valence-electron chi connectivity index (χ0n) is 12.6. The molecule has 6 nitrogen and oxygen atoms in total. The van der Waals surface area contributed by atoms with E-state index >= 15 is 0 Å². The second-order valence-corrected chi connectivity index (χ2v) is 6.18. The van der Waals surface area contributed by atoms with Crippen molar-refractivity contribution in [3.63, 3.8) is 0 Å². The van der Waals surface area contributed by atoms with E-state index in [0.717, 1.165) is 29.9 Å². The number of likely N-dealkylation sites (tertiary alicyclic amines) is 1. The Morgan fingerprint density at radius 2 is 2.00 bits per heavy atom. The van der Waals surface area contributed by atoms with Gasteiger partial charge in [0, 0.05) is 18.5 Å². The van der Waals surface area contributed by atoms with Crippen LogP contribution in [0.15, 0.2) is 35.4 Å². The molecule has 1 aliphatic heterocycles. The summed E-state index contributed by atoms with van der Waals surface area (Å²) < 4.78 is 3.09. The van der Waals surface area contributed by atoms with Gasteiger partial charge in [0.2, 0.25) is 0 Å². The smallest absolute Gasteiger partial charge is 0.284 e. The summed E-state index contributed by atoms with van der Waals surface area (Å²) in [4.78, 5) is 19.1. The molecule has 4 rings (SSSR count). The van der Waals surface area contributed by atoms with Crippen molar-refractivity contribution in [1.29, 1.82) is 0 Å². The van der Waals surface area contributed by atoms with Crippen molar-refractivity contribution >= 4 is 16.6 Å². The number of aromatic nitrogens is 4. The van der Waals surface area contributed by atoms with Crippen LogP contribution in [0.1, 0.15) is 19.8 Å². The summed E-state index contributed by atoms with van der Waals surface area (Å²) in [5.74, 6) is 0.780. The summed E-state index contributed by atoms with van der Waals surface area (Å²) in [7, 11) is 0. The third-order valence-electron chi connectivity index (χ3n) is 4.54. The van der Waals surface area contributed by atoms with Gasteiger partial charge in [0.25, 0.3) is 0 Å². The van der Waals surface area contributed by atoms with Gasteiger partial charge in [-0.2, -0.15) is 4.68 Å². The minimum Gasteiger partial charge on any atom is -0.284 e. The van der Waals surface area contributed by atoms with Crippen LogP contribution in [0.3, 0.4) is 0 Å². The normalized spacial score (nSPS) is 17.5. The fourth-order valence-corrected chi connectivity index (χ4v) is 3.09. The van der Waals surface area contributed by atoms with Gasteiger partial charge in [-0.15, -0.1) is 5.10 Å². The van der Waals surface area contributed by atoms with Crippen molar-refractivity contribution in [2.75, 3.05) is 13.1 Å². The maximum Gasteiger partial charge on any atom is 0.352 e. The highest BCUT2D eigenvalue weighted by Gasteiger charge is 2.18. The van der Waals surface area contributed by atoms with E-state index in [2.05, 4.69) is 21.9 Å². The van der Waals surface area contributed by atoms with Gasteiger partial charge in [-0.25, -0.2) is 14.2 Å². The Balaban J connectivity index is 1.74. The van der Waals surface area contributed by atoms with Crippen LogP contribution >= 0.6 is 0 Å². The summed E-state index contributed by atoms with van der Waals surface area (Å²) in [5.41, 5.74) is 1.42. The average Bonchev–Trinajstić information content (AvgIpc) is 2.86. The van der Waals surface area contributed by atoms with Crippen LogP contribution in [0.25, 0.3) is 16.6 Å². The van der Waals surface area contributed by atoms with Crippen molar-refractivity contribution in [2.45, 2.75) is 26.4 Å². The molecule has 3 heterocycles. The molecule has 2 aromatic heterocycles. The van der Waals surface area contributed by atoms with Gasteiger partial charge in [0.1, 0.15) is 6.33 Å². The third kappa shape index (κ3) is 2.20. The van der Waals surface area contributed by atoms with Crippen molar-refractivity contribution < 1.29 is 0 Å². The van der Waals surface area contributed by atoms with Crippen LogP contribution in [-0.2, 0) is 6.67 Å². The van der Waals surface area contributed by atoms with Crippen LogP contribution in [0, 0.1) is 5.92 Å². The first-order chi connectivity index (χ1) is 10.7. The zero-order valence-corrected chi connectivity index (χ0v) is 12.6. The molecular weight excluding hydrogens is 278 g/mol. The molecule has 0 N–H and O–H groups in total. The van der Waals surface area contributed by atoms with Gasteiger partial charge in [-0.3, -0.25) is 4.90 Å². The maximum atomic E-state index is 12.5. The van der Waals surface area contributed by atoms with E-state index in [0.29, 0.717) is 12.3 Å². The second-order valence-electron chi connectivity index (χ2n) is 6.18. The lowest BCUT2D eigenvalue weighted by Crippen LogP contribution is -2.37. The van der Waals surface area contributed by atoms with Gasteiger partial charge in [-0.05, 0) is 30.9 Å². The van der Waals surface area contributed by atoms with E-state index < -0.39 is 0 Å². The standard InChI is InChI=1S/C16H19N5O/c1-12-6-8-19(9-7-12)11-21-16(22)20-10-17-14-5-3-2-4-13(14)15(20)18-21/h2-5,10,12H,6-9,11H2,1H3. The molecule has 0 amide bonds. The predicted octanol–water partition coefficient (Wildman–Crippen LogP) is 1.73. The van der Waals surface area contributed by atoms with E-state index in [4.69, 9.17) is 0 Å². The monoisotopic (exact) mass is 297 g/mol. The Bertz CT molecular complexity index is 873. The molecule has 22 heavy (non-hydrogen) atoms. The van der Waals surface area contributed by atoms with Crippen LogP contribution in [0.5, 0.6) is 0 Å². The fraction of sp³-hybridized carbons (Fsp3) is 0.438. The first kappa shape index (κ1) is 13.5. The molecule has 114 valence electrons. The van der Waals surface area contributed by atoms with Crippen molar-refractivity contribution in [3.8, 4) is 0 Å². The van der Waals surface area contributed by atoms with Crippen LogP contribution < -0.4 is 5.69 Å². The van der Waals surface area contributed by atoms with Gasteiger partial charge in [0.05, 0.1) is 12.2 Å². The molecule has 3 aromatic rings. The number of hydrogen-bond donors (Lipinski definition) is 0. The van der Waals surface area contributed by atoms with Crippen LogP contribution in [-0.4, -0.2) is 37.2 Å². The minimum absolute atomic E-state index is 0.119. The SMILES string of the molecule is CC1CCN(Cn2nc3c4ccccc4ncn3c2=O)CC1. The Morgan fingerprint density at radius 3 is 2.82 bits per heavy atom. The second kappa shape index (κ2) is 5.21. The van der Waals surface area contributed by atoms with E-state index in [1.54, 1.807) is 11.0 Å². The van der Waals surface area contributed by atoms with E-state index in [1.807, 2.05) is 24.3 Å². The molecule has 0 aliphatic carbocycles. The highest BCUT2D eigenvalue weighted by molar-refractivity contribution is 5.90. The fourth-order valence-electron chi connectivity index (χ4n) is 3.09. The molecule has 0 saturated carbocycles. The molecule has 1 saturated heterocycles. The summed E-state index contributed by atoms with van der Waals surface area (Å²) >= 11 is 0. The van der Waals surface area contributed by atoms with Crippen LogP contribution in [0.4, 0.5) is 0 Å². The average molecular weight is 297 g/mol. The highest BCUT2D eigenvalue weighted by atomic mass is 16.2. The van der Waals surface area contributed by atoms with Gasteiger partial charge >= 0.3 is 5.69 Å². The van der Waals surface area contributed by atoms with Crippen LogP contribution in [0.2, 0.25) is 0 Å².